The van der Waals surface area contributed by atoms with Crippen LogP contribution in [0.3, 0.4) is 0 Å². The maximum absolute atomic E-state index is 13.0. The third-order valence-electron chi connectivity index (χ3n) is 8.33. The van der Waals surface area contributed by atoms with Gasteiger partial charge >= 0.3 is 5.69 Å². The van der Waals surface area contributed by atoms with Crippen molar-refractivity contribution in [2.24, 2.45) is 5.92 Å². The number of nitrogens with zero attached hydrogens (tertiary/aromatic N) is 5. The van der Waals surface area contributed by atoms with Gasteiger partial charge in [-0.15, -0.1) is 11.3 Å². The fourth-order valence-electron chi connectivity index (χ4n) is 6.36. The first-order valence-electron chi connectivity index (χ1n) is 13.4. The highest BCUT2D eigenvalue weighted by molar-refractivity contribution is 7.19. The smallest absolute Gasteiger partial charge is 0.331 e. The molecule has 8 nitrogen and oxygen atoms in total. The van der Waals surface area contributed by atoms with Gasteiger partial charge in [-0.1, -0.05) is 0 Å². The number of benzene rings is 1. The Morgan fingerprint density at radius 3 is 2.85 bits per heavy atom. The zero-order valence-electron chi connectivity index (χ0n) is 21.5. The van der Waals surface area contributed by atoms with Crippen LogP contribution in [0.4, 0.5) is 14.5 Å². The Bertz CT molecular complexity index is 1800. The van der Waals surface area contributed by atoms with Gasteiger partial charge in [0.2, 0.25) is 0 Å². The molecular formula is C29H26F2N6O2S. The molecule has 5 heterocycles. The molecule has 1 aromatic carbocycles. The van der Waals surface area contributed by atoms with Gasteiger partial charge in [0.1, 0.15) is 0 Å². The van der Waals surface area contributed by atoms with Crippen molar-refractivity contribution in [3.05, 3.63) is 79.6 Å². The number of nitrogens with one attached hydrogen (secondary N) is 1. The monoisotopic (exact) mass is 560 g/mol. The quantitative estimate of drug-likeness (QED) is 0.386. The van der Waals surface area contributed by atoms with Crippen molar-refractivity contribution in [1.29, 1.82) is 5.26 Å². The van der Waals surface area contributed by atoms with E-state index in [0.29, 0.717) is 28.3 Å². The minimum absolute atomic E-state index is 0.0395. The maximum atomic E-state index is 13.0. The fourth-order valence-corrected chi connectivity index (χ4v) is 7.50. The highest BCUT2D eigenvalue weighted by Gasteiger charge is 2.47. The van der Waals surface area contributed by atoms with Crippen LogP contribution < -0.4 is 21.5 Å². The average Bonchev–Trinajstić information content (AvgIpc) is 3.32. The molecule has 0 bridgehead atoms. The summed E-state index contributed by atoms with van der Waals surface area (Å²) in [6.07, 6.45) is 2.36. The van der Waals surface area contributed by atoms with E-state index in [4.69, 9.17) is 0 Å². The summed E-state index contributed by atoms with van der Waals surface area (Å²) < 4.78 is 28.6. The van der Waals surface area contributed by atoms with Crippen molar-refractivity contribution >= 4 is 27.2 Å². The predicted octanol–water partition coefficient (Wildman–Crippen LogP) is 3.76. The maximum Gasteiger partial charge on any atom is 0.331 e. The molecule has 0 spiro atoms. The molecule has 1 saturated carbocycles. The molecule has 3 aliphatic rings. The van der Waals surface area contributed by atoms with E-state index in [9.17, 15) is 23.6 Å². The number of fused-ring (bicyclic) bond motifs is 4. The third-order valence-corrected chi connectivity index (χ3v) is 9.47. The van der Waals surface area contributed by atoms with Gasteiger partial charge in [-0.3, -0.25) is 18.9 Å². The molecule has 4 aromatic rings. The molecule has 204 valence electrons. The lowest BCUT2D eigenvalue weighted by molar-refractivity contribution is 0.124. The molecule has 0 amide bonds. The zero-order valence-corrected chi connectivity index (χ0v) is 22.3. The van der Waals surface area contributed by atoms with Crippen LogP contribution in [0.5, 0.6) is 0 Å². The standard InChI is InChI=1S/C29H26F2N6O2S/c30-25(31)15-35-6-3-26(38)37(29(35)39)14-19-10-24-28(40-19)20(2-5-34-24)22-7-16(11-32)8-23-21-9-17(21)13-36(27(22)23)18-1-4-33-12-18/h2-3,5-8,10,17-18,21,25,33H,1,4,9,12-15H2/t17-,18?,21-/m0/s1. The molecule has 11 heteroatoms. The molecule has 0 radical (unpaired) electrons. The van der Waals surface area contributed by atoms with Gasteiger partial charge in [-0.05, 0) is 61.1 Å². The molecule has 1 saturated heterocycles. The lowest BCUT2D eigenvalue weighted by Gasteiger charge is -2.37. The van der Waals surface area contributed by atoms with Gasteiger partial charge in [0, 0.05) is 59.3 Å². The minimum atomic E-state index is -2.71. The summed E-state index contributed by atoms with van der Waals surface area (Å²) in [5.74, 6) is 1.10. The van der Waals surface area contributed by atoms with E-state index < -0.39 is 24.2 Å². The molecule has 3 aromatic heterocycles. The summed E-state index contributed by atoms with van der Waals surface area (Å²) in [6, 6.07) is 11.7. The van der Waals surface area contributed by atoms with E-state index in [1.165, 1.54) is 22.6 Å². The van der Waals surface area contributed by atoms with E-state index in [1.54, 1.807) is 6.20 Å². The molecule has 2 fully saturated rings. The molecule has 40 heavy (non-hydrogen) atoms. The highest BCUT2D eigenvalue weighted by Crippen LogP contribution is 2.58. The molecule has 2 aliphatic heterocycles. The van der Waals surface area contributed by atoms with Crippen LogP contribution in [0, 0.1) is 17.2 Å². The van der Waals surface area contributed by atoms with Gasteiger partial charge in [-0.25, -0.2) is 13.6 Å². The number of thiophene rings is 1. The Morgan fingerprint density at radius 1 is 1.20 bits per heavy atom. The van der Waals surface area contributed by atoms with Crippen LogP contribution in [0.15, 0.2) is 52.3 Å². The second-order valence-electron chi connectivity index (χ2n) is 10.8. The SMILES string of the molecule is N#Cc1cc(-c2ccnc3cc(Cn4c(=O)ccn(CC(F)F)c4=O)sc23)c2c(c1)[C@H]1C[C@H]1CN2C1CCNC1. The summed E-state index contributed by atoms with van der Waals surface area (Å²) >= 11 is 1.43. The molecule has 1 unspecified atom stereocenters. The number of pyridine rings is 1. The molecule has 3 atom stereocenters. The zero-order chi connectivity index (χ0) is 27.5. The van der Waals surface area contributed by atoms with Gasteiger partial charge in [0.25, 0.3) is 12.0 Å². The van der Waals surface area contributed by atoms with Crippen molar-refractivity contribution in [2.75, 3.05) is 24.5 Å². The van der Waals surface area contributed by atoms with Crippen LogP contribution in [0.1, 0.15) is 34.8 Å². The summed E-state index contributed by atoms with van der Waals surface area (Å²) in [5.41, 5.74) is 4.44. The first-order valence-corrected chi connectivity index (χ1v) is 14.2. The number of rotatable bonds is 6. The van der Waals surface area contributed by atoms with Gasteiger partial charge in [0.15, 0.2) is 0 Å². The lowest BCUT2D eigenvalue weighted by Crippen LogP contribution is -2.41. The van der Waals surface area contributed by atoms with Crippen molar-refractivity contribution in [3.8, 4) is 17.2 Å². The third kappa shape index (κ3) is 4.22. The van der Waals surface area contributed by atoms with Crippen LogP contribution in [0.25, 0.3) is 21.3 Å². The van der Waals surface area contributed by atoms with E-state index in [2.05, 4.69) is 27.3 Å². The molecule has 1 N–H and O–H groups in total. The van der Waals surface area contributed by atoms with Crippen LogP contribution >= 0.6 is 11.3 Å². The lowest BCUT2D eigenvalue weighted by atomic mass is 9.90. The topological polar surface area (TPSA) is 96.0 Å². The number of hydrogen-bond acceptors (Lipinski definition) is 7. The predicted molar refractivity (Wildman–Crippen MR) is 149 cm³/mol. The van der Waals surface area contributed by atoms with Crippen LogP contribution in [-0.4, -0.2) is 46.2 Å². The molecule has 7 rings (SSSR count). The Morgan fingerprint density at radius 2 is 2.08 bits per heavy atom. The average molecular weight is 561 g/mol. The van der Waals surface area contributed by atoms with Gasteiger partial charge in [-0.2, -0.15) is 5.26 Å². The van der Waals surface area contributed by atoms with Gasteiger partial charge < -0.3 is 10.2 Å². The summed E-state index contributed by atoms with van der Waals surface area (Å²) in [7, 11) is 0. The summed E-state index contributed by atoms with van der Waals surface area (Å²) in [5, 5.41) is 13.4. The minimum Gasteiger partial charge on any atom is -0.366 e. The Kier molecular flexibility index (Phi) is 6.05. The second kappa shape index (κ2) is 9.64. The van der Waals surface area contributed by atoms with Crippen molar-refractivity contribution in [3.63, 3.8) is 0 Å². The second-order valence-corrected chi connectivity index (χ2v) is 12.0. The molecular weight excluding hydrogens is 534 g/mol. The normalized spacial score (nSPS) is 21.4. The highest BCUT2D eigenvalue weighted by atomic mass is 32.1. The Hall–Kier alpha value is -3.88. The number of alkyl halides is 2. The van der Waals surface area contributed by atoms with E-state index in [1.807, 2.05) is 18.2 Å². The summed E-state index contributed by atoms with van der Waals surface area (Å²) in [6.45, 7) is 2.12. The van der Waals surface area contributed by atoms with Crippen molar-refractivity contribution in [1.82, 2.24) is 19.4 Å². The Balaban J connectivity index is 1.35. The fraction of sp³-hybridized carbons (Fsp3) is 0.379. The van der Waals surface area contributed by atoms with Crippen LogP contribution in [0.2, 0.25) is 0 Å². The first kappa shape index (κ1) is 25.1. The number of nitriles is 1. The summed E-state index contributed by atoms with van der Waals surface area (Å²) in [4.78, 5) is 33.1. The van der Waals surface area contributed by atoms with E-state index in [0.717, 1.165) is 75.2 Å². The molecule has 1 aliphatic carbocycles. The largest absolute Gasteiger partial charge is 0.366 e. The van der Waals surface area contributed by atoms with Crippen molar-refractivity contribution in [2.45, 2.75) is 44.3 Å². The van der Waals surface area contributed by atoms with Gasteiger partial charge in [0.05, 0.1) is 34.9 Å². The number of anilines is 1. The number of halogens is 2. The number of aromatic nitrogens is 3. The van der Waals surface area contributed by atoms with Crippen molar-refractivity contribution < 1.29 is 8.78 Å². The van der Waals surface area contributed by atoms with Crippen LogP contribution in [-0.2, 0) is 13.1 Å². The first-order chi connectivity index (χ1) is 19.4. The van der Waals surface area contributed by atoms with E-state index in [-0.39, 0.29) is 6.54 Å². The number of hydrogen-bond donors (Lipinski definition) is 1. The Labute approximate surface area is 232 Å². The van der Waals surface area contributed by atoms with E-state index >= 15 is 0 Å².